The third-order valence-electron chi connectivity index (χ3n) is 5.70. The van der Waals surface area contributed by atoms with E-state index in [1.165, 1.54) is 11.8 Å². The highest BCUT2D eigenvalue weighted by Gasteiger charge is 2.32. The first-order valence-corrected chi connectivity index (χ1v) is 13.8. The van der Waals surface area contributed by atoms with E-state index < -0.39 is 0 Å². The van der Waals surface area contributed by atoms with Gasteiger partial charge in [-0.25, -0.2) is 4.99 Å². The molecule has 1 amide bonds. The molecule has 1 fully saturated rings. The van der Waals surface area contributed by atoms with Gasteiger partial charge < -0.3 is 9.47 Å². The lowest BCUT2D eigenvalue weighted by Gasteiger charge is -2.14. The molecule has 0 aliphatic carbocycles. The lowest BCUT2D eigenvalue weighted by atomic mass is 10.1. The largest absolute Gasteiger partial charge is 0.493 e. The van der Waals surface area contributed by atoms with E-state index in [1.807, 2.05) is 81.4 Å². The number of aliphatic imine (C=N–C) groups is 1. The number of amides is 1. The Morgan fingerprint density at radius 1 is 1.06 bits per heavy atom. The number of benzene rings is 3. The van der Waals surface area contributed by atoms with E-state index >= 15 is 0 Å². The van der Waals surface area contributed by atoms with Gasteiger partial charge in [-0.15, -0.1) is 0 Å². The molecule has 186 valence electrons. The molecule has 0 radical (unpaired) electrons. The Morgan fingerprint density at radius 2 is 1.75 bits per heavy atom. The Kier molecular flexibility index (Phi) is 8.59. The van der Waals surface area contributed by atoms with E-state index in [-0.39, 0.29) is 5.91 Å². The van der Waals surface area contributed by atoms with Crippen LogP contribution in [0.15, 0.2) is 73.4 Å². The van der Waals surface area contributed by atoms with E-state index in [9.17, 15) is 4.79 Å². The van der Waals surface area contributed by atoms with Crippen molar-refractivity contribution in [3.05, 3.63) is 90.7 Å². The summed E-state index contributed by atoms with van der Waals surface area (Å²) in [5.41, 5.74) is 4.94. The molecule has 1 saturated heterocycles. The first-order chi connectivity index (χ1) is 17.3. The summed E-state index contributed by atoms with van der Waals surface area (Å²) in [5.74, 6) is 1.14. The van der Waals surface area contributed by atoms with Gasteiger partial charge in [0.05, 0.1) is 22.2 Å². The number of rotatable bonds is 7. The molecule has 36 heavy (non-hydrogen) atoms. The number of nitrogens with zero attached hydrogens (tertiary/aromatic N) is 2. The van der Waals surface area contributed by atoms with Crippen molar-refractivity contribution in [1.82, 2.24) is 4.90 Å². The molecule has 0 saturated carbocycles. The lowest BCUT2D eigenvalue weighted by molar-refractivity contribution is -0.122. The van der Waals surface area contributed by atoms with Crippen LogP contribution in [0.2, 0.25) is 0 Å². The molecule has 8 heteroatoms. The second kappa shape index (κ2) is 11.7. The summed E-state index contributed by atoms with van der Waals surface area (Å²) >= 11 is 8.45. The zero-order valence-corrected chi connectivity index (χ0v) is 24.5. The van der Waals surface area contributed by atoms with Crippen LogP contribution in [-0.4, -0.2) is 29.6 Å². The van der Waals surface area contributed by atoms with Crippen molar-refractivity contribution < 1.29 is 14.3 Å². The summed E-state index contributed by atoms with van der Waals surface area (Å²) in [6.07, 6.45) is 1.87. The van der Waals surface area contributed by atoms with Crippen molar-refractivity contribution in [2.75, 3.05) is 13.7 Å². The molecule has 0 aromatic heterocycles. The molecule has 0 spiro atoms. The van der Waals surface area contributed by atoms with Crippen molar-refractivity contribution in [2.45, 2.75) is 27.4 Å². The van der Waals surface area contributed by atoms with Gasteiger partial charge in [0.15, 0.2) is 16.7 Å². The third kappa shape index (κ3) is 5.88. The van der Waals surface area contributed by atoms with Crippen LogP contribution in [0, 0.1) is 13.8 Å². The zero-order chi connectivity index (χ0) is 25.8. The van der Waals surface area contributed by atoms with Crippen LogP contribution in [-0.2, 0) is 11.4 Å². The molecule has 5 nitrogen and oxygen atoms in total. The van der Waals surface area contributed by atoms with Gasteiger partial charge in [-0.1, -0.05) is 46.3 Å². The number of methoxy groups -OCH3 is 1. The van der Waals surface area contributed by atoms with E-state index in [2.05, 4.69) is 31.9 Å². The smallest absolute Gasteiger partial charge is 0.266 e. The molecule has 1 aliphatic rings. The average molecular weight is 630 g/mol. The van der Waals surface area contributed by atoms with Crippen molar-refractivity contribution in [3.63, 3.8) is 0 Å². The van der Waals surface area contributed by atoms with Gasteiger partial charge >= 0.3 is 0 Å². The maximum Gasteiger partial charge on any atom is 0.266 e. The van der Waals surface area contributed by atoms with Gasteiger partial charge in [0.1, 0.15) is 6.61 Å². The minimum atomic E-state index is -0.0573. The van der Waals surface area contributed by atoms with Crippen LogP contribution in [0.3, 0.4) is 0 Å². The van der Waals surface area contributed by atoms with E-state index in [0.29, 0.717) is 34.7 Å². The molecule has 3 aromatic carbocycles. The quantitative estimate of drug-likeness (QED) is 0.248. The zero-order valence-electron chi connectivity index (χ0n) is 20.5. The van der Waals surface area contributed by atoms with Crippen LogP contribution in [0.25, 0.3) is 6.08 Å². The highest BCUT2D eigenvalue weighted by atomic mass is 79.9. The van der Waals surface area contributed by atoms with Crippen LogP contribution in [0.1, 0.15) is 29.2 Å². The lowest BCUT2D eigenvalue weighted by Crippen LogP contribution is -2.28. The summed E-state index contributed by atoms with van der Waals surface area (Å²) in [4.78, 5) is 20.4. The van der Waals surface area contributed by atoms with Crippen LogP contribution in [0.5, 0.6) is 11.5 Å². The topological polar surface area (TPSA) is 51.1 Å². The third-order valence-corrected chi connectivity index (χ3v) is 7.82. The Balaban J connectivity index is 1.61. The highest BCUT2D eigenvalue weighted by molar-refractivity contribution is 9.10. The first kappa shape index (κ1) is 26.5. The molecular formula is C28H26Br2N2O3S. The molecule has 4 rings (SSSR count). The number of aryl methyl sites for hydroxylation is 2. The molecule has 1 aliphatic heterocycles. The summed E-state index contributed by atoms with van der Waals surface area (Å²) in [5, 5.41) is 0.687. The van der Waals surface area contributed by atoms with Crippen molar-refractivity contribution in [3.8, 4) is 11.5 Å². The summed E-state index contributed by atoms with van der Waals surface area (Å²) in [6.45, 7) is 6.97. The van der Waals surface area contributed by atoms with Gasteiger partial charge in [-0.2, -0.15) is 0 Å². The van der Waals surface area contributed by atoms with Crippen LogP contribution < -0.4 is 9.47 Å². The number of halogens is 2. The normalized spacial score (nSPS) is 15.7. The number of hydrogen-bond donors (Lipinski definition) is 0. The number of amidine groups is 1. The number of para-hydroxylation sites is 1. The Bertz CT molecular complexity index is 1330. The Labute approximate surface area is 232 Å². The number of carbonyl (C=O) groups is 1. The number of ether oxygens (including phenoxy) is 2. The number of hydrogen-bond acceptors (Lipinski definition) is 5. The summed E-state index contributed by atoms with van der Waals surface area (Å²) in [7, 11) is 1.61. The molecule has 0 bridgehead atoms. The summed E-state index contributed by atoms with van der Waals surface area (Å²) < 4.78 is 13.4. The maximum absolute atomic E-state index is 13.2. The molecule has 3 aromatic rings. The second-order valence-corrected chi connectivity index (χ2v) is 11.0. The fourth-order valence-corrected chi connectivity index (χ4v) is 5.69. The first-order valence-electron chi connectivity index (χ1n) is 11.4. The molecule has 0 atom stereocenters. The Hall–Kier alpha value is -2.55. The Morgan fingerprint density at radius 3 is 2.39 bits per heavy atom. The molecular weight excluding hydrogens is 604 g/mol. The minimum Gasteiger partial charge on any atom is -0.493 e. The van der Waals surface area contributed by atoms with E-state index in [0.717, 1.165) is 36.9 Å². The van der Waals surface area contributed by atoms with E-state index in [4.69, 9.17) is 14.5 Å². The number of likely N-dealkylation sites (N-methyl/N-ethyl adjacent to an activating group) is 1. The SMILES string of the molecule is CCN1C(=O)/C(=C\c2cc(Br)c(OCc3ccc(Br)cc3)c(OC)c2)SC1=Nc1c(C)cccc1C. The standard InChI is InChI=1S/C28H26Br2N2O3S/c1-5-32-27(33)24(36-28(32)31-25-17(2)7-6-8-18(25)3)15-20-13-22(30)26(23(14-20)34-4)35-16-19-9-11-21(29)12-10-19/h6-15H,5,16H2,1-4H3/b24-15+,31-28?. The fourth-order valence-electron chi connectivity index (χ4n) is 3.80. The predicted molar refractivity (Wildman–Crippen MR) is 155 cm³/mol. The maximum atomic E-state index is 13.2. The van der Waals surface area contributed by atoms with Gasteiger partial charge in [-0.3, -0.25) is 9.69 Å². The molecule has 0 N–H and O–H groups in total. The van der Waals surface area contributed by atoms with Crippen LogP contribution in [0.4, 0.5) is 5.69 Å². The van der Waals surface area contributed by atoms with Crippen LogP contribution >= 0.6 is 43.6 Å². The van der Waals surface area contributed by atoms with Gasteiger partial charge in [0, 0.05) is 11.0 Å². The van der Waals surface area contributed by atoms with Crippen molar-refractivity contribution in [1.29, 1.82) is 0 Å². The average Bonchev–Trinajstić information content (AvgIpc) is 3.15. The van der Waals surface area contributed by atoms with E-state index in [1.54, 1.807) is 12.0 Å². The fraction of sp³-hybridized carbons (Fsp3) is 0.214. The van der Waals surface area contributed by atoms with Crippen molar-refractivity contribution in [2.24, 2.45) is 4.99 Å². The van der Waals surface area contributed by atoms with Crippen molar-refractivity contribution >= 4 is 66.5 Å². The second-order valence-electron chi connectivity index (χ2n) is 8.24. The highest BCUT2D eigenvalue weighted by Crippen LogP contribution is 2.40. The predicted octanol–water partition coefficient (Wildman–Crippen LogP) is 8.04. The van der Waals surface area contributed by atoms with Gasteiger partial charge in [0.25, 0.3) is 5.91 Å². The number of carbonyl (C=O) groups excluding carboxylic acids is 1. The molecule has 0 unspecified atom stereocenters. The number of thioether (sulfide) groups is 1. The molecule has 1 heterocycles. The van der Waals surface area contributed by atoms with Gasteiger partial charge in [-0.05, 0) is 101 Å². The minimum absolute atomic E-state index is 0.0573. The van der Waals surface area contributed by atoms with Gasteiger partial charge in [0.2, 0.25) is 0 Å². The monoisotopic (exact) mass is 628 g/mol. The summed E-state index contributed by atoms with van der Waals surface area (Å²) in [6, 6.07) is 17.9.